The minimum atomic E-state index is -1.09. The summed E-state index contributed by atoms with van der Waals surface area (Å²) in [7, 11) is 3.24. The van der Waals surface area contributed by atoms with Crippen molar-refractivity contribution in [2.45, 2.75) is 91.3 Å². The molecule has 0 bridgehead atoms. The van der Waals surface area contributed by atoms with Gasteiger partial charge in [-0.3, -0.25) is 4.79 Å². The predicted molar refractivity (Wildman–Crippen MR) is 130 cm³/mol. The molecular formula is C27H40O5. The average Bonchev–Trinajstić information content (AvgIpc) is 2.61. The summed E-state index contributed by atoms with van der Waals surface area (Å²) in [5, 5.41) is 13.0. The van der Waals surface area contributed by atoms with Crippen LogP contribution < -0.4 is 9.47 Å². The maximum Gasteiger partial charge on any atom is 0.309 e. The van der Waals surface area contributed by atoms with Crippen LogP contribution in [0.4, 0.5) is 0 Å². The zero-order valence-corrected chi connectivity index (χ0v) is 21.6. The highest BCUT2D eigenvalue weighted by Gasteiger charge is 2.30. The van der Waals surface area contributed by atoms with Gasteiger partial charge in [0.1, 0.15) is 17.1 Å². The van der Waals surface area contributed by atoms with Crippen molar-refractivity contribution in [1.82, 2.24) is 0 Å². The van der Waals surface area contributed by atoms with Crippen LogP contribution in [0, 0.1) is 0 Å². The molecule has 5 heteroatoms. The molecule has 32 heavy (non-hydrogen) atoms. The van der Waals surface area contributed by atoms with Gasteiger partial charge in [0.15, 0.2) is 0 Å². The topological polar surface area (TPSA) is 65.0 Å². The van der Waals surface area contributed by atoms with Gasteiger partial charge in [0.2, 0.25) is 0 Å². The van der Waals surface area contributed by atoms with Crippen LogP contribution in [0.25, 0.3) is 10.8 Å². The van der Waals surface area contributed by atoms with Crippen LogP contribution >= 0.6 is 0 Å². The van der Waals surface area contributed by atoms with Crippen molar-refractivity contribution in [3.8, 4) is 11.5 Å². The predicted octanol–water partition coefficient (Wildman–Crippen LogP) is 6.22. The summed E-state index contributed by atoms with van der Waals surface area (Å²) in [5.74, 6) is 0.868. The van der Waals surface area contributed by atoms with Crippen molar-refractivity contribution >= 4 is 16.7 Å². The van der Waals surface area contributed by atoms with Gasteiger partial charge in [-0.25, -0.2) is 0 Å². The highest BCUT2D eigenvalue weighted by Crippen LogP contribution is 2.45. The fourth-order valence-electron chi connectivity index (χ4n) is 3.94. The minimum absolute atomic E-state index is 0.128. The largest absolute Gasteiger partial charge is 0.496 e. The van der Waals surface area contributed by atoms with Gasteiger partial charge in [-0.2, -0.15) is 0 Å². The van der Waals surface area contributed by atoms with E-state index in [1.165, 1.54) is 0 Å². The molecule has 0 aliphatic heterocycles. The molecule has 5 nitrogen and oxygen atoms in total. The summed E-state index contributed by atoms with van der Waals surface area (Å²) in [6, 6.07) is 6.18. The minimum Gasteiger partial charge on any atom is -0.496 e. The van der Waals surface area contributed by atoms with Crippen LogP contribution in [-0.2, 0) is 20.4 Å². The lowest BCUT2D eigenvalue weighted by Crippen LogP contribution is -2.25. The van der Waals surface area contributed by atoms with Gasteiger partial charge < -0.3 is 19.3 Å². The van der Waals surface area contributed by atoms with E-state index in [9.17, 15) is 9.90 Å². The summed E-state index contributed by atoms with van der Waals surface area (Å²) in [4.78, 5) is 12.5. The number of methoxy groups -OCH3 is 2. The van der Waals surface area contributed by atoms with Gasteiger partial charge in [0.05, 0.1) is 26.7 Å². The molecule has 2 aromatic carbocycles. The molecule has 1 N–H and O–H groups in total. The van der Waals surface area contributed by atoms with Crippen LogP contribution in [0.2, 0.25) is 0 Å². The highest BCUT2D eigenvalue weighted by atomic mass is 16.6. The lowest BCUT2D eigenvalue weighted by Gasteiger charge is -2.29. The molecule has 0 fully saturated rings. The molecule has 0 radical (unpaired) electrons. The fourth-order valence-corrected chi connectivity index (χ4v) is 3.94. The second kappa shape index (κ2) is 8.93. The van der Waals surface area contributed by atoms with Crippen molar-refractivity contribution in [3.63, 3.8) is 0 Å². The van der Waals surface area contributed by atoms with E-state index < -0.39 is 17.7 Å². The summed E-state index contributed by atoms with van der Waals surface area (Å²) < 4.78 is 17.0. The average molecular weight is 445 g/mol. The van der Waals surface area contributed by atoms with Crippen molar-refractivity contribution < 1.29 is 24.1 Å². The lowest BCUT2D eigenvalue weighted by molar-refractivity contribution is -0.157. The molecule has 0 saturated heterocycles. The first-order chi connectivity index (χ1) is 14.5. The summed E-state index contributed by atoms with van der Waals surface area (Å²) in [6.07, 6.45) is -1.26. The number of fused-ring (bicyclic) bond motifs is 1. The SMILES string of the molecule is COc1cc2c(C(O)CC(=O)OC(C)(C)C)c(OC)c(C(C)(C)C)cc2cc1C(C)(C)C. The summed E-state index contributed by atoms with van der Waals surface area (Å²) in [5.41, 5.74) is 1.64. The van der Waals surface area contributed by atoms with E-state index in [1.807, 2.05) is 26.8 Å². The Bertz CT molecular complexity index is 979. The normalized spacial score (nSPS) is 13.8. The zero-order chi connectivity index (χ0) is 24.6. The molecule has 1 atom stereocenters. The molecule has 1 unspecified atom stereocenters. The third kappa shape index (κ3) is 5.74. The first-order valence-electron chi connectivity index (χ1n) is 11.1. The summed E-state index contributed by atoms with van der Waals surface area (Å²) in [6.45, 7) is 18.2. The number of esters is 1. The molecule has 0 saturated carbocycles. The lowest BCUT2D eigenvalue weighted by atomic mass is 9.80. The number of carbonyl (C=O) groups is 1. The van der Waals surface area contributed by atoms with E-state index in [1.54, 1.807) is 14.2 Å². The van der Waals surface area contributed by atoms with E-state index in [0.29, 0.717) is 11.3 Å². The molecule has 0 aromatic heterocycles. The van der Waals surface area contributed by atoms with E-state index in [0.717, 1.165) is 27.6 Å². The monoisotopic (exact) mass is 444 g/mol. The molecular weight excluding hydrogens is 404 g/mol. The fraction of sp³-hybridized carbons (Fsp3) is 0.593. The van der Waals surface area contributed by atoms with Crippen molar-refractivity contribution in [2.75, 3.05) is 14.2 Å². The number of rotatable bonds is 5. The Kier molecular flexibility index (Phi) is 7.25. The molecule has 0 spiro atoms. The summed E-state index contributed by atoms with van der Waals surface area (Å²) >= 11 is 0. The Labute approximate surface area is 193 Å². The molecule has 0 aliphatic rings. The van der Waals surface area contributed by atoms with Crippen LogP contribution in [0.3, 0.4) is 0 Å². The first kappa shape index (κ1) is 26.0. The van der Waals surface area contributed by atoms with E-state index in [4.69, 9.17) is 14.2 Å². The second-order valence-corrected chi connectivity index (χ2v) is 11.5. The molecule has 0 aliphatic carbocycles. The Morgan fingerprint density at radius 2 is 1.41 bits per heavy atom. The number of hydrogen-bond donors (Lipinski definition) is 1. The number of benzene rings is 2. The number of aliphatic hydroxyl groups excluding tert-OH is 1. The smallest absolute Gasteiger partial charge is 0.309 e. The van der Waals surface area contributed by atoms with Crippen molar-refractivity contribution in [2.24, 2.45) is 0 Å². The molecule has 2 rings (SSSR count). The molecule has 0 amide bonds. The third-order valence-corrected chi connectivity index (χ3v) is 5.38. The van der Waals surface area contributed by atoms with Gasteiger partial charge in [0, 0.05) is 16.7 Å². The quantitative estimate of drug-likeness (QED) is 0.555. The maximum absolute atomic E-state index is 12.5. The number of hydrogen-bond acceptors (Lipinski definition) is 5. The first-order valence-corrected chi connectivity index (χ1v) is 11.1. The number of carbonyl (C=O) groups excluding carboxylic acids is 1. The van der Waals surface area contributed by atoms with Crippen LogP contribution in [-0.4, -0.2) is 30.9 Å². The van der Waals surface area contributed by atoms with Crippen molar-refractivity contribution in [1.29, 1.82) is 0 Å². The highest BCUT2D eigenvalue weighted by molar-refractivity contribution is 5.92. The van der Waals surface area contributed by atoms with E-state index in [2.05, 4.69) is 53.7 Å². The van der Waals surface area contributed by atoms with Crippen LogP contribution in [0.15, 0.2) is 18.2 Å². The van der Waals surface area contributed by atoms with Crippen LogP contribution in [0.1, 0.15) is 91.5 Å². The molecule has 2 aromatic rings. The van der Waals surface area contributed by atoms with Crippen molar-refractivity contribution in [3.05, 3.63) is 34.9 Å². The Morgan fingerprint density at radius 1 is 0.875 bits per heavy atom. The number of aliphatic hydroxyl groups is 1. The Hall–Kier alpha value is -2.27. The maximum atomic E-state index is 12.5. The molecule has 178 valence electrons. The Morgan fingerprint density at radius 3 is 1.84 bits per heavy atom. The van der Waals surface area contributed by atoms with Gasteiger partial charge >= 0.3 is 5.97 Å². The van der Waals surface area contributed by atoms with Gasteiger partial charge in [0.25, 0.3) is 0 Å². The number of ether oxygens (including phenoxy) is 3. The molecule has 0 heterocycles. The zero-order valence-electron chi connectivity index (χ0n) is 21.6. The Balaban J connectivity index is 2.84. The van der Waals surface area contributed by atoms with E-state index in [-0.39, 0.29) is 17.3 Å². The van der Waals surface area contributed by atoms with E-state index >= 15 is 0 Å². The second-order valence-electron chi connectivity index (χ2n) is 11.5. The third-order valence-electron chi connectivity index (χ3n) is 5.38. The standard InChI is InChI=1S/C27H40O5/c1-25(2,3)18-12-16-13-19(26(4,5)6)24(31-11)23(17(16)14-21(18)30-10)20(28)15-22(29)32-27(7,8)9/h12-14,20,28H,15H2,1-11H3. The van der Waals surface area contributed by atoms with Crippen LogP contribution in [0.5, 0.6) is 11.5 Å². The van der Waals surface area contributed by atoms with Gasteiger partial charge in [-0.05, 0) is 60.6 Å². The van der Waals surface area contributed by atoms with Gasteiger partial charge in [-0.15, -0.1) is 0 Å². The van der Waals surface area contributed by atoms with Gasteiger partial charge in [-0.1, -0.05) is 41.5 Å².